The molecule has 0 heterocycles. The minimum absolute atomic E-state index is 0.0167. The van der Waals surface area contributed by atoms with Crippen molar-refractivity contribution >= 4 is 35.0 Å². The van der Waals surface area contributed by atoms with Crippen LogP contribution in [0.15, 0.2) is 65.8 Å². The number of Topliss-reactive ketones (excluding diaryl/α,β-unsaturated/α-hetero) is 1. The summed E-state index contributed by atoms with van der Waals surface area (Å²) in [5, 5.41) is 7.30. The van der Waals surface area contributed by atoms with E-state index in [9.17, 15) is 4.79 Å². The van der Waals surface area contributed by atoms with Crippen molar-refractivity contribution in [3.63, 3.8) is 0 Å². The second-order valence-electron chi connectivity index (χ2n) is 4.24. The second-order valence-corrected chi connectivity index (χ2v) is 4.65. The molecule has 0 fully saturated rings. The van der Waals surface area contributed by atoms with Crippen LogP contribution in [0.5, 0.6) is 0 Å². The van der Waals surface area contributed by atoms with Crippen molar-refractivity contribution < 1.29 is 4.79 Å². The zero-order valence-corrected chi connectivity index (χ0v) is 12.1. The average Bonchev–Trinajstić information content (AvgIpc) is 2.53. The van der Waals surface area contributed by atoms with Crippen molar-refractivity contribution in [3.8, 4) is 0 Å². The zero-order chi connectivity index (χ0) is 14.9. The van der Waals surface area contributed by atoms with Crippen LogP contribution >= 0.6 is 12.2 Å². The lowest BCUT2D eigenvalue weighted by atomic mass is 10.1. The molecular formula is C16H15N3OS. The van der Waals surface area contributed by atoms with E-state index in [0.717, 1.165) is 5.69 Å². The normalized spacial score (nSPS) is 10.3. The number of nitrogens with zero attached hydrogens (tertiary/aromatic N) is 1. The van der Waals surface area contributed by atoms with E-state index >= 15 is 0 Å². The summed E-state index contributed by atoms with van der Waals surface area (Å²) in [6.07, 6.45) is 1.74. The van der Waals surface area contributed by atoms with Crippen molar-refractivity contribution in [1.29, 1.82) is 0 Å². The fraction of sp³-hybridized carbons (Fsp3) is 0.0625. The Bertz CT molecular complexity index is 626. The molecule has 2 aromatic rings. The standard InChI is InChI=1S/C16H15N3OS/c20-15(13-7-3-1-4-8-13)11-12-17-19-16(21)18-14-9-5-2-6-10-14/h1-10,12H,11H2,(H2,18,19,21). The predicted octanol–water partition coefficient (Wildman–Crippen LogP) is 3.23. The molecule has 5 heteroatoms. The molecule has 0 spiro atoms. The van der Waals surface area contributed by atoms with Gasteiger partial charge in [-0.2, -0.15) is 5.10 Å². The number of benzene rings is 2. The molecule has 0 aliphatic heterocycles. The summed E-state index contributed by atoms with van der Waals surface area (Å²) < 4.78 is 0. The molecule has 21 heavy (non-hydrogen) atoms. The van der Waals surface area contributed by atoms with E-state index < -0.39 is 0 Å². The van der Waals surface area contributed by atoms with E-state index in [2.05, 4.69) is 15.8 Å². The maximum absolute atomic E-state index is 11.8. The summed E-state index contributed by atoms with van der Waals surface area (Å²) in [7, 11) is 0. The Labute approximate surface area is 128 Å². The highest BCUT2D eigenvalue weighted by atomic mass is 32.1. The summed E-state index contributed by atoms with van der Waals surface area (Å²) in [5.41, 5.74) is 4.23. The molecule has 0 unspecified atom stereocenters. The smallest absolute Gasteiger partial charge is 0.191 e. The van der Waals surface area contributed by atoms with Crippen LogP contribution in [0.4, 0.5) is 5.69 Å². The quantitative estimate of drug-likeness (QED) is 0.385. The lowest BCUT2D eigenvalue weighted by molar-refractivity contribution is 0.100. The van der Waals surface area contributed by atoms with Crippen molar-refractivity contribution in [2.75, 3.05) is 5.32 Å². The molecule has 0 saturated carbocycles. The van der Waals surface area contributed by atoms with Crippen LogP contribution in [-0.2, 0) is 0 Å². The predicted molar refractivity (Wildman–Crippen MR) is 89.7 cm³/mol. The highest BCUT2D eigenvalue weighted by molar-refractivity contribution is 7.80. The molecule has 0 atom stereocenters. The van der Waals surface area contributed by atoms with Crippen LogP contribution < -0.4 is 10.7 Å². The van der Waals surface area contributed by atoms with Gasteiger partial charge in [-0.1, -0.05) is 48.5 Å². The highest BCUT2D eigenvalue weighted by Gasteiger charge is 2.02. The SMILES string of the molecule is O=C(CC=NNC(=S)Nc1ccccc1)c1ccccc1. The van der Waals surface area contributed by atoms with Crippen LogP contribution in [-0.4, -0.2) is 17.1 Å². The summed E-state index contributed by atoms with van der Waals surface area (Å²) in [5.74, 6) is 0.0167. The number of anilines is 1. The lowest BCUT2D eigenvalue weighted by Gasteiger charge is -2.05. The first-order valence-electron chi connectivity index (χ1n) is 6.47. The first kappa shape index (κ1) is 14.9. The Morgan fingerprint density at radius 3 is 2.33 bits per heavy atom. The average molecular weight is 297 g/mol. The van der Waals surface area contributed by atoms with Gasteiger partial charge in [-0.25, -0.2) is 0 Å². The number of carbonyl (C=O) groups is 1. The number of hydrazone groups is 1. The van der Waals surface area contributed by atoms with E-state index in [-0.39, 0.29) is 12.2 Å². The van der Waals surface area contributed by atoms with E-state index in [1.807, 2.05) is 48.5 Å². The molecule has 0 aliphatic carbocycles. The van der Waals surface area contributed by atoms with Gasteiger partial charge >= 0.3 is 0 Å². The van der Waals surface area contributed by atoms with Gasteiger partial charge in [-0.05, 0) is 24.4 Å². The molecule has 0 aromatic heterocycles. The number of hydrogen-bond acceptors (Lipinski definition) is 3. The third-order valence-corrected chi connectivity index (χ3v) is 2.85. The number of carbonyl (C=O) groups excluding carboxylic acids is 1. The van der Waals surface area contributed by atoms with Gasteiger partial charge in [-0.3, -0.25) is 10.2 Å². The minimum Gasteiger partial charge on any atom is -0.331 e. The molecule has 2 rings (SSSR count). The van der Waals surface area contributed by atoms with E-state index in [4.69, 9.17) is 12.2 Å². The van der Waals surface area contributed by atoms with Gasteiger partial charge in [0.05, 0.1) is 0 Å². The van der Waals surface area contributed by atoms with Gasteiger partial charge in [0.25, 0.3) is 0 Å². The Balaban J connectivity index is 1.75. The third-order valence-electron chi connectivity index (χ3n) is 2.66. The Morgan fingerprint density at radius 2 is 1.67 bits per heavy atom. The van der Waals surface area contributed by atoms with Crippen LogP contribution in [0.2, 0.25) is 0 Å². The van der Waals surface area contributed by atoms with Crippen LogP contribution in [0.25, 0.3) is 0 Å². The second kappa shape index (κ2) is 7.91. The molecular weight excluding hydrogens is 282 g/mol. The number of rotatable bonds is 5. The minimum atomic E-state index is 0.0167. The summed E-state index contributed by atoms with van der Waals surface area (Å²) >= 11 is 5.09. The maximum atomic E-state index is 11.8. The highest BCUT2D eigenvalue weighted by Crippen LogP contribution is 2.04. The zero-order valence-electron chi connectivity index (χ0n) is 11.3. The number of hydrogen-bond donors (Lipinski definition) is 2. The fourth-order valence-electron chi connectivity index (χ4n) is 1.66. The molecule has 0 bridgehead atoms. The van der Waals surface area contributed by atoms with Gasteiger partial charge in [0.1, 0.15) is 0 Å². The number of thiocarbonyl (C=S) groups is 1. The molecule has 0 saturated heterocycles. The molecule has 106 valence electrons. The fourth-order valence-corrected chi connectivity index (χ4v) is 1.83. The van der Waals surface area contributed by atoms with Crippen molar-refractivity contribution in [1.82, 2.24) is 5.43 Å². The summed E-state index contributed by atoms with van der Waals surface area (Å²) in [6, 6.07) is 18.7. The summed E-state index contributed by atoms with van der Waals surface area (Å²) in [4.78, 5) is 11.8. The first-order chi connectivity index (χ1) is 10.3. The maximum Gasteiger partial charge on any atom is 0.191 e. The lowest BCUT2D eigenvalue weighted by Crippen LogP contribution is -2.23. The van der Waals surface area contributed by atoms with E-state index in [0.29, 0.717) is 10.7 Å². The van der Waals surface area contributed by atoms with Crippen molar-refractivity contribution in [2.45, 2.75) is 6.42 Å². The summed E-state index contributed by atoms with van der Waals surface area (Å²) in [6.45, 7) is 0. The molecule has 0 aliphatic rings. The molecule has 2 N–H and O–H groups in total. The van der Waals surface area contributed by atoms with Gasteiger partial charge < -0.3 is 5.32 Å². The van der Waals surface area contributed by atoms with E-state index in [1.54, 1.807) is 12.1 Å². The number of ketones is 1. The van der Waals surface area contributed by atoms with Crippen LogP contribution in [0.3, 0.4) is 0 Å². The Morgan fingerprint density at radius 1 is 1.05 bits per heavy atom. The molecule has 2 aromatic carbocycles. The van der Waals surface area contributed by atoms with Crippen molar-refractivity contribution in [2.24, 2.45) is 5.10 Å². The monoisotopic (exact) mass is 297 g/mol. The van der Waals surface area contributed by atoms with Crippen molar-refractivity contribution in [3.05, 3.63) is 66.2 Å². The van der Waals surface area contributed by atoms with E-state index in [1.165, 1.54) is 6.21 Å². The van der Waals surface area contributed by atoms with Gasteiger partial charge in [0.15, 0.2) is 10.9 Å². The Kier molecular flexibility index (Phi) is 5.60. The van der Waals surface area contributed by atoms with Crippen LogP contribution in [0.1, 0.15) is 16.8 Å². The van der Waals surface area contributed by atoms with Crippen LogP contribution in [0, 0.1) is 0 Å². The number of nitrogens with one attached hydrogen (secondary N) is 2. The number of para-hydroxylation sites is 1. The first-order valence-corrected chi connectivity index (χ1v) is 6.88. The topological polar surface area (TPSA) is 53.5 Å². The van der Waals surface area contributed by atoms with Gasteiger partial charge in [0.2, 0.25) is 0 Å². The van der Waals surface area contributed by atoms with Gasteiger partial charge in [0, 0.05) is 23.9 Å². The molecule has 0 radical (unpaired) electrons. The van der Waals surface area contributed by atoms with Gasteiger partial charge in [-0.15, -0.1) is 0 Å². The third kappa shape index (κ3) is 5.16. The Hall–Kier alpha value is -2.53. The molecule has 0 amide bonds. The largest absolute Gasteiger partial charge is 0.331 e. The molecule has 4 nitrogen and oxygen atoms in total.